The average Bonchev–Trinajstić information content (AvgIpc) is 2.64. The topological polar surface area (TPSA) is 136 Å². The third-order valence-corrected chi connectivity index (χ3v) is 4.52. The van der Waals surface area contributed by atoms with Crippen molar-refractivity contribution >= 4 is 23.0 Å². The lowest BCUT2D eigenvalue weighted by Gasteiger charge is -2.26. The smallest absolute Gasteiger partial charge is 0.300 e. The number of hydrogen-bond donors (Lipinski definition) is 5. The molecule has 0 aliphatic heterocycles. The van der Waals surface area contributed by atoms with Crippen LogP contribution in [-0.2, 0) is 4.79 Å². The number of carboxylic acids is 1. The zero-order valence-corrected chi connectivity index (χ0v) is 16.5. The number of aliphatic hydroxyl groups excluding tert-OH is 1. The Morgan fingerprint density at radius 1 is 0.793 bits per heavy atom. The molecule has 3 aromatic rings. The standard InChI is InChI=1S/C21H23N3O.C2H4O2/c1-13-12-18(24)10-11-19(13)21(25)20(14-2-6-16(22)7-3-14)15-4-8-17(23)9-5-15;1-2(3)4/h2-12,20-21,25H,22-24H2,1H3;1H3,(H,3,4). The van der Waals surface area contributed by atoms with Crippen LogP contribution in [0.25, 0.3) is 0 Å². The van der Waals surface area contributed by atoms with E-state index >= 15 is 0 Å². The van der Waals surface area contributed by atoms with Crippen molar-refractivity contribution in [1.82, 2.24) is 0 Å². The van der Waals surface area contributed by atoms with Gasteiger partial charge < -0.3 is 27.4 Å². The fraction of sp³-hybridized carbons (Fsp3) is 0.174. The Hall–Kier alpha value is -3.51. The Morgan fingerprint density at radius 3 is 1.55 bits per heavy atom. The molecule has 0 aromatic heterocycles. The highest BCUT2D eigenvalue weighted by molar-refractivity contribution is 5.63. The lowest BCUT2D eigenvalue weighted by atomic mass is 9.82. The molecule has 0 amide bonds. The van der Waals surface area contributed by atoms with Gasteiger partial charge in [-0.15, -0.1) is 0 Å². The van der Waals surface area contributed by atoms with E-state index in [4.69, 9.17) is 27.1 Å². The van der Waals surface area contributed by atoms with Crippen LogP contribution in [0.1, 0.15) is 41.2 Å². The highest BCUT2D eigenvalue weighted by atomic mass is 16.4. The Kier molecular flexibility index (Phi) is 7.22. The van der Waals surface area contributed by atoms with Crippen molar-refractivity contribution in [2.75, 3.05) is 17.2 Å². The number of aliphatic carboxylic acids is 1. The van der Waals surface area contributed by atoms with Gasteiger partial charge in [0.25, 0.3) is 5.97 Å². The number of benzene rings is 3. The van der Waals surface area contributed by atoms with Gasteiger partial charge in [-0.2, -0.15) is 0 Å². The number of nitrogens with two attached hydrogens (primary N) is 3. The summed E-state index contributed by atoms with van der Waals surface area (Å²) in [6.07, 6.45) is -0.715. The van der Waals surface area contributed by atoms with Crippen molar-refractivity contribution in [3.05, 3.63) is 89.0 Å². The predicted octanol–water partition coefficient (Wildman–Crippen LogP) is 3.70. The largest absolute Gasteiger partial charge is 0.481 e. The van der Waals surface area contributed by atoms with Crippen LogP contribution < -0.4 is 17.2 Å². The second-order valence-electron chi connectivity index (χ2n) is 6.89. The molecule has 0 saturated carbocycles. The zero-order chi connectivity index (χ0) is 21.6. The molecule has 6 heteroatoms. The molecule has 0 radical (unpaired) electrons. The molecule has 1 unspecified atom stereocenters. The Labute approximate surface area is 170 Å². The van der Waals surface area contributed by atoms with Crippen LogP contribution in [-0.4, -0.2) is 16.2 Å². The first-order chi connectivity index (χ1) is 13.7. The van der Waals surface area contributed by atoms with Gasteiger partial charge in [-0.05, 0) is 65.6 Å². The van der Waals surface area contributed by atoms with Crippen LogP contribution in [0.5, 0.6) is 0 Å². The molecular weight excluding hydrogens is 366 g/mol. The van der Waals surface area contributed by atoms with E-state index in [1.807, 2.05) is 73.7 Å². The summed E-state index contributed by atoms with van der Waals surface area (Å²) >= 11 is 0. The first-order valence-corrected chi connectivity index (χ1v) is 9.13. The second kappa shape index (κ2) is 9.61. The van der Waals surface area contributed by atoms with Gasteiger partial charge in [-0.1, -0.05) is 30.3 Å². The number of aryl methyl sites for hydroxylation is 1. The van der Waals surface area contributed by atoms with Crippen molar-refractivity contribution in [2.45, 2.75) is 25.9 Å². The van der Waals surface area contributed by atoms with E-state index in [-0.39, 0.29) is 5.92 Å². The van der Waals surface area contributed by atoms with Gasteiger partial charge in [0, 0.05) is 29.9 Å². The summed E-state index contributed by atoms with van der Waals surface area (Å²) in [5.74, 6) is -1.07. The van der Waals surface area contributed by atoms with E-state index in [1.165, 1.54) is 0 Å². The number of aliphatic hydroxyl groups is 1. The number of rotatable bonds is 4. The molecule has 1 atom stereocenters. The number of anilines is 3. The maximum atomic E-state index is 11.2. The number of carbonyl (C=O) groups is 1. The van der Waals surface area contributed by atoms with Crippen LogP contribution in [0, 0.1) is 6.92 Å². The quantitative estimate of drug-likeness (QED) is 0.429. The van der Waals surface area contributed by atoms with Gasteiger partial charge in [0.1, 0.15) is 0 Å². The molecular formula is C23H27N3O3. The molecule has 0 aliphatic carbocycles. The molecule has 0 fully saturated rings. The normalized spacial score (nSPS) is 11.4. The monoisotopic (exact) mass is 393 g/mol. The van der Waals surface area contributed by atoms with E-state index in [0.29, 0.717) is 17.1 Å². The van der Waals surface area contributed by atoms with Crippen LogP contribution in [0.3, 0.4) is 0 Å². The van der Waals surface area contributed by atoms with E-state index in [1.54, 1.807) is 0 Å². The maximum absolute atomic E-state index is 11.2. The van der Waals surface area contributed by atoms with Gasteiger partial charge in [0.15, 0.2) is 0 Å². The minimum Gasteiger partial charge on any atom is -0.481 e. The minimum absolute atomic E-state index is 0.233. The number of carboxylic acid groups (broad SMARTS) is 1. The highest BCUT2D eigenvalue weighted by Gasteiger charge is 2.26. The Morgan fingerprint density at radius 2 is 1.17 bits per heavy atom. The molecule has 152 valence electrons. The van der Waals surface area contributed by atoms with Gasteiger partial charge in [0.05, 0.1) is 6.10 Å². The van der Waals surface area contributed by atoms with Gasteiger partial charge in [0.2, 0.25) is 0 Å². The lowest BCUT2D eigenvalue weighted by molar-refractivity contribution is -0.134. The molecule has 0 spiro atoms. The minimum atomic E-state index is -0.833. The average molecular weight is 393 g/mol. The highest BCUT2D eigenvalue weighted by Crippen LogP contribution is 2.38. The summed E-state index contributed by atoms with van der Waals surface area (Å²) < 4.78 is 0. The number of hydrogen-bond acceptors (Lipinski definition) is 5. The summed E-state index contributed by atoms with van der Waals surface area (Å²) in [7, 11) is 0. The third kappa shape index (κ3) is 5.99. The SMILES string of the molecule is CC(=O)O.Cc1cc(N)ccc1C(O)C(c1ccc(N)cc1)c1ccc(N)cc1. The van der Waals surface area contributed by atoms with Crippen LogP contribution in [0.15, 0.2) is 66.7 Å². The molecule has 6 nitrogen and oxygen atoms in total. The first kappa shape index (κ1) is 21.8. The van der Waals surface area contributed by atoms with Crippen molar-refractivity contribution in [1.29, 1.82) is 0 Å². The van der Waals surface area contributed by atoms with Gasteiger partial charge in [-0.3, -0.25) is 4.79 Å². The van der Waals surface area contributed by atoms with E-state index in [0.717, 1.165) is 29.2 Å². The van der Waals surface area contributed by atoms with Crippen molar-refractivity contribution in [2.24, 2.45) is 0 Å². The van der Waals surface area contributed by atoms with Crippen molar-refractivity contribution < 1.29 is 15.0 Å². The molecule has 3 rings (SSSR count). The summed E-state index contributed by atoms with van der Waals surface area (Å²) in [4.78, 5) is 9.00. The molecule has 0 bridgehead atoms. The maximum Gasteiger partial charge on any atom is 0.300 e. The van der Waals surface area contributed by atoms with E-state index in [9.17, 15) is 5.11 Å². The van der Waals surface area contributed by atoms with E-state index < -0.39 is 12.1 Å². The summed E-state index contributed by atoms with van der Waals surface area (Å²) in [6.45, 7) is 3.04. The predicted molar refractivity (Wildman–Crippen MR) is 117 cm³/mol. The Bertz CT molecular complexity index is 905. The van der Waals surface area contributed by atoms with E-state index in [2.05, 4.69) is 0 Å². The van der Waals surface area contributed by atoms with Gasteiger partial charge in [-0.25, -0.2) is 0 Å². The summed E-state index contributed by atoms with van der Waals surface area (Å²) in [5, 5.41) is 18.6. The lowest BCUT2D eigenvalue weighted by Crippen LogP contribution is -2.14. The van der Waals surface area contributed by atoms with Gasteiger partial charge >= 0.3 is 0 Å². The Balaban J connectivity index is 0.000000687. The summed E-state index contributed by atoms with van der Waals surface area (Å²) in [6, 6.07) is 20.8. The number of nitrogen functional groups attached to an aromatic ring is 3. The molecule has 0 saturated heterocycles. The van der Waals surface area contributed by atoms with Crippen LogP contribution in [0.2, 0.25) is 0 Å². The first-order valence-electron chi connectivity index (χ1n) is 9.13. The fourth-order valence-electron chi connectivity index (χ4n) is 3.17. The molecule has 29 heavy (non-hydrogen) atoms. The molecule has 3 aromatic carbocycles. The molecule has 8 N–H and O–H groups in total. The van der Waals surface area contributed by atoms with Crippen molar-refractivity contribution in [3.63, 3.8) is 0 Å². The molecule has 0 aliphatic rings. The van der Waals surface area contributed by atoms with Crippen molar-refractivity contribution in [3.8, 4) is 0 Å². The van der Waals surface area contributed by atoms with Crippen LogP contribution in [0.4, 0.5) is 17.1 Å². The van der Waals surface area contributed by atoms with Crippen LogP contribution >= 0.6 is 0 Å². The zero-order valence-electron chi connectivity index (χ0n) is 16.5. The fourth-order valence-corrected chi connectivity index (χ4v) is 3.17. The summed E-state index contributed by atoms with van der Waals surface area (Å²) in [5.41, 5.74) is 23.4. The molecule has 0 heterocycles. The second-order valence-corrected chi connectivity index (χ2v) is 6.89. The third-order valence-electron chi connectivity index (χ3n) is 4.52.